The first kappa shape index (κ1) is 15.4. The number of nitrogens with one attached hydrogen (secondary N) is 2. The van der Waals surface area contributed by atoms with E-state index in [0.717, 1.165) is 16.9 Å². The Bertz CT molecular complexity index is 675. The van der Waals surface area contributed by atoms with Crippen molar-refractivity contribution < 1.29 is 9.53 Å². The Morgan fingerprint density at radius 3 is 2.41 bits per heavy atom. The monoisotopic (exact) mass is 295 g/mol. The highest BCUT2D eigenvalue weighted by molar-refractivity contribution is 5.73. The summed E-state index contributed by atoms with van der Waals surface area (Å²) in [4.78, 5) is 11.8. The number of urea groups is 1. The summed E-state index contributed by atoms with van der Waals surface area (Å²) in [6, 6.07) is 16.5. The number of methoxy groups -OCH3 is 1. The predicted molar refractivity (Wildman–Crippen MR) is 83.2 cm³/mol. The van der Waals surface area contributed by atoms with Crippen LogP contribution in [0.2, 0.25) is 0 Å². The molecule has 112 valence electrons. The lowest BCUT2D eigenvalue weighted by molar-refractivity contribution is 0.240. The molecule has 0 spiro atoms. The fourth-order valence-corrected chi connectivity index (χ4v) is 1.92. The maximum absolute atomic E-state index is 11.8. The first-order valence-electron chi connectivity index (χ1n) is 6.85. The summed E-state index contributed by atoms with van der Waals surface area (Å²) in [6.07, 6.45) is 0. The van der Waals surface area contributed by atoms with Gasteiger partial charge in [-0.3, -0.25) is 0 Å². The van der Waals surface area contributed by atoms with Gasteiger partial charge in [-0.25, -0.2) is 4.79 Å². The van der Waals surface area contributed by atoms with Crippen molar-refractivity contribution in [3.05, 3.63) is 65.2 Å². The molecule has 0 fully saturated rings. The Balaban J connectivity index is 1.79. The van der Waals surface area contributed by atoms with Crippen LogP contribution in [0.3, 0.4) is 0 Å². The molecule has 2 N–H and O–H groups in total. The second-order valence-corrected chi connectivity index (χ2v) is 4.70. The van der Waals surface area contributed by atoms with Crippen LogP contribution in [0.4, 0.5) is 4.79 Å². The molecule has 0 aliphatic carbocycles. The number of hydrogen-bond donors (Lipinski definition) is 2. The minimum atomic E-state index is -0.252. The third-order valence-corrected chi connectivity index (χ3v) is 3.12. The topological polar surface area (TPSA) is 74.2 Å². The number of rotatable bonds is 5. The van der Waals surface area contributed by atoms with E-state index < -0.39 is 0 Å². The van der Waals surface area contributed by atoms with Crippen molar-refractivity contribution in [3.8, 4) is 11.8 Å². The molecule has 0 heterocycles. The molecule has 2 rings (SSSR count). The van der Waals surface area contributed by atoms with Crippen LogP contribution in [0.15, 0.2) is 48.5 Å². The average Bonchev–Trinajstić information content (AvgIpc) is 2.58. The van der Waals surface area contributed by atoms with Gasteiger partial charge in [-0.05, 0) is 35.4 Å². The number of nitriles is 1. The Hall–Kier alpha value is -3.00. The van der Waals surface area contributed by atoms with E-state index in [-0.39, 0.29) is 6.03 Å². The van der Waals surface area contributed by atoms with Crippen LogP contribution in [0.25, 0.3) is 0 Å². The summed E-state index contributed by atoms with van der Waals surface area (Å²) < 4.78 is 5.08. The standard InChI is InChI=1S/C17H17N3O2/c1-22-16-7-5-13(6-8-16)11-19-17(21)20-12-15-4-2-3-14(9-15)10-18/h2-9H,11-12H2,1H3,(H2,19,20,21). The molecular formula is C17H17N3O2. The van der Waals surface area contributed by atoms with Crippen molar-refractivity contribution >= 4 is 6.03 Å². The lowest BCUT2D eigenvalue weighted by atomic mass is 10.1. The maximum Gasteiger partial charge on any atom is 0.315 e. The molecule has 5 nitrogen and oxygen atoms in total. The van der Waals surface area contributed by atoms with Crippen molar-refractivity contribution in [3.63, 3.8) is 0 Å². The lowest BCUT2D eigenvalue weighted by Gasteiger charge is -2.08. The molecule has 0 atom stereocenters. The van der Waals surface area contributed by atoms with Crippen LogP contribution >= 0.6 is 0 Å². The quantitative estimate of drug-likeness (QED) is 0.890. The smallest absolute Gasteiger partial charge is 0.315 e. The number of benzene rings is 2. The fraction of sp³-hybridized carbons (Fsp3) is 0.176. The molecule has 0 unspecified atom stereocenters. The molecule has 5 heteroatoms. The van der Waals surface area contributed by atoms with Crippen LogP contribution in [-0.2, 0) is 13.1 Å². The Morgan fingerprint density at radius 2 is 1.77 bits per heavy atom. The summed E-state index contributed by atoms with van der Waals surface area (Å²) in [5.41, 5.74) is 2.46. The average molecular weight is 295 g/mol. The number of hydrogen-bond acceptors (Lipinski definition) is 3. The zero-order valence-corrected chi connectivity index (χ0v) is 12.3. The van der Waals surface area contributed by atoms with E-state index in [2.05, 4.69) is 16.7 Å². The van der Waals surface area contributed by atoms with E-state index in [1.54, 1.807) is 25.3 Å². The van der Waals surface area contributed by atoms with Crippen LogP contribution in [0.1, 0.15) is 16.7 Å². The zero-order valence-electron chi connectivity index (χ0n) is 12.3. The third-order valence-electron chi connectivity index (χ3n) is 3.12. The van der Waals surface area contributed by atoms with Crippen LogP contribution in [-0.4, -0.2) is 13.1 Å². The minimum absolute atomic E-state index is 0.252. The summed E-state index contributed by atoms with van der Waals surface area (Å²) >= 11 is 0. The highest BCUT2D eigenvalue weighted by Crippen LogP contribution is 2.10. The summed E-state index contributed by atoms with van der Waals surface area (Å²) in [6.45, 7) is 0.817. The Labute approximate surface area is 129 Å². The van der Waals surface area contributed by atoms with E-state index in [9.17, 15) is 4.79 Å². The normalized spacial score (nSPS) is 9.64. The summed E-state index contributed by atoms with van der Waals surface area (Å²) in [7, 11) is 1.61. The molecule has 0 radical (unpaired) electrons. The van der Waals surface area contributed by atoms with E-state index in [0.29, 0.717) is 18.7 Å². The Kier molecular flexibility index (Phi) is 5.38. The van der Waals surface area contributed by atoms with E-state index in [1.165, 1.54) is 0 Å². The van der Waals surface area contributed by atoms with E-state index >= 15 is 0 Å². The van der Waals surface area contributed by atoms with E-state index in [1.807, 2.05) is 30.3 Å². The zero-order chi connectivity index (χ0) is 15.8. The predicted octanol–water partition coefficient (Wildman–Crippen LogP) is 2.57. The van der Waals surface area contributed by atoms with Crippen molar-refractivity contribution in [2.24, 2.45) is 0 Å². The van der Waals surface area contributed by atoms with Gasteiger partial charge in [0.25, 0.3) is 0 Å². The molecule has 0 aliphatic rings. The van der Waals surface area contributed by atoms with E-state index in [4.69, 9.17) is 10.00 Å². The molecule has 0 bridgehead atoms. The van der Waals surface area contributed by atoms with Gasteiger partial charge in [-0.1, -0.05) is 24.3 Å². The Morgan fingerprint density at radius 1 is 1.09 bits per heavy atom. The van der Waals surface area contributed by atoms with Gasteiger partial charge in [0.2, 0.25) is 0 Å². The van der Waals surface area contributed by atoms with Gasteiger partial charge < -0.3 is 15.4 Å². The summed E-state index contributed by atoms with van der Waals surface area (Å²) in [5, 5.41) is 14.4. The van der Waals surface area contributed by atoms with Gasteiger partial charge in [0.05, 0.1) is 18.7 Å². The van der Waals surface area contributed by atoms with Gasteiger partial charge >= 0.3 is 6.03 Å². The number of carbonyl (C=O) groups excluding carboxylic acids is 1. The minimum Gasteiger partial charge on any atom is -0.497 e. The molecule has 0 saturated heterocycles. The number of carbonyl (C=O) groups is 1. The van der Waals surface area contributed by atoms with Crippen LogP contribution in [0.5, 0.6) is 5.75 Å². The molecule has 2 aromatic carbocycles. The van der Waals surface area contributed by atoms with Crippen molar-refractivity contribution in [1.82, 2.24) is 10.6 Å². The van der Waals surface area contributed by atoms with Gasteiger partial charge in [-0.15, -0.1) is 0 Å². The molecular weight excluding hydrogens is 278 g/mol. The number of ether oxygens (including phenoxy) is 1. The fourth-order valence-electron chi connectivity index (χ4n) is 1.92. The van der Waals surface area contributed by atoms with Crippen molar-refractivity contribution in [2.75, 3.05) is 7.11 Å². The van der Waals surface area contributed by atoms with Crippen molar-refractivity contribution in [2.45, 2.75) is 13.1 Å². The molecule has 0 aromatic heterocycles. The maximum atomic E-state index is 11.8. The molecule has 2 aromatic rings. The third kappa shape index (κ3) is 4.53. The van der Waals surface area contributed by atoms with Gasteiger partial charge in [0.15, 0.2) is 0 Å². The summed E-state index contributed by atoms with van der Waals surface area (Å²) in [5.74, 6) is 0.783. The first-order chi connectivity index (χ1) is 10.7. The second kappa shape index (κ2) is 7.70. The van der Waals surface area contributed by atoms with Gasteiger partial charge in [0, 0.05) is 13.1 Å². The van der Waals surface area contributed by atoms with Crippen LogP contribution in [0, 0.1) is 11.3 Å². The molecule has 22 heavy (non-hydrogen) atoms. The largest absolute Gasteiger partial charge is 0.497 e. The SMILES string of the molecule is COc1ccc(CNC(=O)NCc2cccc(C#N)c2)cc1. The number of amides is 2. The van der Waals surface area contributed by atoms with Gasteiger partial charge in [-0.2, -0.15) is 5.26 Å². The second-order valence-electron chi connectivity index (χ2n) is 4.70. The molecule has 0 saturated carbocycles. The molecule has 0 aliphatic heterocycles. The van der Waals surface area contributed by atoms with Crippen LogP contribution < -0.4 is 15.4 Å². The highest BCUT2D eigenvalue weighted by Gasteiger charge is 2.02. The number of nitrogens with zero attached hydrogens (tertiary/aromatic N) is 1. The van der Waals surface area contributed by atoms with Crippen molar-refractivity contribution in [1.29, 1.82) is 5.26 Å². The highest BCUT2D eigenvalue weighted by atomic mass is 16.5. The first-order valence-corrected chi connectivity index (χ1v) is 6.85. The lowest BCUT2D eigenvalue weighted by Crippen LogP contribution is -2.34. The van der Waals surface area contributed by atoms with Gasteiger partial charge in [0.1, 0.15) is 5.75 Å². The molecule has 2 amide bonds.